The molecule has 1 aliphatic heterocycles. The van der Waals surface area contributed by atoms with Crippen LogP contribution in [0.4, 0.5) is 0 Å². The molecule has 0 amide bonds. The van der Waals surface area contributed by atoms with Gasteiger partial charge in [-0.05, 0) is 36.3 Å². The average Bonchev–Trinajstić information content (AvgIpc) is 3.02. The van der Waals surface area contributed by atoms with Gasteiger partial charge in [-0.3, -0.25) is 9.36 Å². The van der Waals surface area contributed by atoms with Crippen molar-refractivity contribution in [1.82, 2.24) is 4.57 Å². The van der Waals surface area contributed by atoms with Crippen molar-refractivity contribution in [3.05, 3.63) is 96.7 Å². The number of aromatic nitrogens is 1. The molecule has 29 heavy (non-hydrogen) atoms. The van der Waals surface area contributed by atoms with Crippen LogP contribution in [0.3, 0.4) is 0 Å². The number of rotatable bonds is 3. The number of hydrogen-bond donors (Lipinski definition) is 1. The zero-order valence-corrected chi connectivity index (χ0v) is 16.6. The molecule has 6 nitrogen and oxygen atoms in total. The minimum absolute atomic E-state index is 0.123. The smallest absolute Gasteiger partial charge is 0.338 e. The van der Waals surface area contributed by atoms with E-state index in [0.717, 1.165) is 5.56 Å². The summed E-state index contributed by atoms with van der Waals surface area (Å²) in [5.41, 5.74) is 2.12. The molecule has 1 N–H and O–H groups in total. The van der Waals surface area contributed by atoms with Crippen LogP contribution in [0.5, 0.6) is 5.75 Å². The number of nitrogens with zero attached hydrogens (tertiary/aromatic N) is 2. The summed E-state index contributed by atoms with van der Waals surface area (Å²) in [7, 11) is 1.32. The summed E-state index contributed by atoms with van der Waals surface area (Å²) in [5, 5.41) is 9.69. The van der Waals surface area contributed by atoms with Gasteiger partial charge in [0.15, 0.2) is 4.80 Å². The van der Waals surface area contributed by atoms with Crippen molar-refractivity contribution in [1.29, 1.82) is 0 Å². The predicted octanol–water partition coefficient (Wildman–Crippen LogP) is 2.11. The molecule has 2 aromatic carbocycles. The number of thiazole rings is 1. The molecule has 0 fully saturated rings. The van der Waals surface area contributed by atoms with Crippen LogP contribution in [-0.4, -0.2) is 22.8 Å². The van der Waals surface area contributed by atoms with E-state index in [1.807, 2.05) is 30.3 Å². The molecule has 0 aliphatic carbocycles. The minimum atomic E-state index is -0.619. The lowest BCUT2D eigenvalue weighted by atomic mass is 9.96. The van der Waals surface area contributed by atoms with E-state index in [0.29, 0.717) is 26.2 Å². The number of hydrogen-bond acceptors (Lipinski definition) is 6. The quantitative estimate of drug-likeness (QED) is 0.676. The van der Waals surface area contributed by atoms with Crippen LogP contribution in [-0.2, 0) is 9.53 Å². The van der Waals surface area contributed by atoms with E-state index in [1.165, 1.54) is 23.0 Å². The molecule has 146 valence electrons. The second kappa shape index (κ2) is 7.52. The summed E-state index contributed by atoms with van der Waals surface area (Å²) >= 11 is 1.25. The molecule has 0 radical (unpaired) electrons. The van der Waals surface area contributed by atoms with Crippen LogP contribution >= 0.6 is 11.3 Å². The first kappa shape index (κ1) is 18.9. The third kappa shape index (κ3) is 3.40. The maximum absolute atomic E-state index is 13.3. The highest BCUT2D eigenvalue weighted by molar-refractivity contribution is 7.07. The molecule has 7 heteroatoms. The first-order valence-corrected chi connectivity index (χ1v) is 9.76. The number of ether oxygens (including phenoxy) is 1. The van der Waals surface area contributed by atoms with E-state index in [-0.39, 0.29) is 11.3 Å². The first-order valence-electron chi connectivity index (χ1n) is 8.94. The van der Waals surface area contributed by atoms with Gasteiger partial charge in [0.25, 0.3) is 5.56 Å². The Bertz CT molecular complexity index is 1300. The van der Waals surface area contributed by atoms with Crippen molar-refractivity contribution in [3.8, 4) is 5.75 Å². The number of phenols is 1. The molecule has 4 rings (SSSR count). The second-order valence-electron chi connectivity index (χ2n) is 6.58. The number of phenolic OH excluding ortho intramolecular Hbond substituents is 1. The Hall–Kier alpha value is -3.45. The van der Waals surface area contributed by atoms with Crippen molar-refractivity contribution < 1.29 is 14.6 Å². The van der Waals surface area contributed by atoms with Crippen LogP contribution in [0.15, 0.2) is 75.7 Å². The van der Waals surface area contributed by atoms with E-state index < -0.39 is 12.0 Å². The van der Waals surface area contributed by atoms with Gasteiger partial charge in [0.1, 0.15) is 5.75 Å². The normalized spacial score (nSPS) is 16.3. The maximum atomic E-state index is 13.3. The largest absolute Gasteiger partial charge is 0.508 e. The Kier molecular flexibility index (Phi) is 4.90. The fraction of sp³-hybridized carbons (Fsp3) is 0.136. The monoisotopic (exact) mass is 406 g/mol. The molecule has 1 atom stereocenters. The summed E-state index contributed by atoms with van der Waals surface area (Å²) in [5.74, 6) is -0.389. The van der Waals surface area contributed by atoms with E-state index in [1.54, 1.807) is 37.3 Å². The lowest BCUT2D eigenvalue weighted by Crippen LogP contribution is -2.39. The number of aromatic hydroxyl groups is 1. The van der Waals surface area contributed by atoms with Gasteiger partial charge < -0.3 is 9.84 Å². The minimum Gasteiger partial charge on any atom is -0.508 e. The number of allylic oxidation sites excluding steroid dienone is 1. The van der Waals surface area contributed by atoms with Crippen molar-refractivity contribution in [2.75, 3.05) is 7.11 Å². The number of methoxy groups -OCH3 is 1. The highest BCUT2D eigenvalue weighted by Crippen LogP contribution is 2.30. The fourth-order valence-corrected chi connectivity index (χ4v) is 4.46. The molecule has 0 bridgehead atoms. The zero-order chi connectivity index (χ0) is 20.5. The summed E-state index contributed by atoms with van der Waals surface area (Å²) in [6.07, 6.45) is 1.71. The van der Waals surface area contributed by atoms with Gasteiger partial charge in [0, 0.05) is 0 Å². The van der Waals surface area contributed by atoms with Crippen LogP contribution < -0.4 is 14.9 Å². The third-order valence-corrected chi connectivity index (χ3v) is 5.69. The topological polar surface area (TPSA) is 80.9 Å². The molecule has 2 heterocycles. The predicted molar refractivity (Wildman–Crippen MR) is 110 cm³/mol. The van der Waals surface area contributed by atoms with Crippen LogP contribution in [0, 0.1) is 0 Å². The molecule has 0 saturated heterocycles. The molecule has 1 aliphatic rings. The summed E-state index contributed by atoms with van der Waals surface area (Å²) in [6, 6.07) is 15.4. The summed E-state index contributed by atoms with van der Waals surface area (Å²) < 4.78 is 6.98. The van der Waals surface area contributed by atoms with E-state index >= 15 is 0 Å². The molecule has 0 saturated carbocycles. The maximum Gasteiger partial charge on any atom is 0.338 e. The van der Waals surface area contributed by atoms with E-state index in [2.05, 4.69) is 4.99 Å². The van der Waals surface area contributed by atoms with Crippen LogP contribution in [0.2, 0.25) is 0 Å². The molecular weight excluding hydrogens is 388 g/mol. The molecule has 0 spiro atoms. The Morgan fingerprint density at radius 1 is 1.21 bits per heavy atom. The summed E-state index contributed by atoms with van der Waals surface area (Å²) in [6.45, 7) is 1.74. The standard InChI is InChI=1S/C22H18N2O4S/c1-13-18(21(27)28-2)19(15-8-4-3-5-9-15)24-20(26)17(29-22(24)23-13)12-14-7-6-10-16(25)11-14/h3-12,19,25H,1-2H3/b17-12-. The van der Waals surface area contributed by atoms with Crippen molar-refractivity contribution in [2.24, 2.45) is 4.99 Å². The number of benzene rings is 2. The van der Waals surface area contributed by atoms with Gasteiger partial charge in [0.05, 0.1) is 29.0 Å². The fourth-order valence-electron chi connectivity index (χ4n) is 3.41. The van der Waals surface area contributed by atoms with Crippen molar-refractivity contribution in [3.63, 3.8) is 0 Å². The first-order chi connectivity index (χ1) is 14.0. The van der Waals surface area contributed by atoms with E-state index in [9.17, 15) is 14.7 Å². The SMILES string of the molecule is COC(=O)C1=C(C)N=c2s/c(=C\c3cccc(O)c3)c(=O)n2C1c1ccccc1. The molecule has 1 aromatic heterocycles. The summed E-state index contributed by atoms with van der Waals surface area (Å²) in [4.78, 5) is 30.8. The Morgan fingerprint density at radius 3 is 2.66 bits per heavy atom. The molecular formula is C22H18N2O4S. The third-order valence-electron chi connectivity index (χ3n) is 4.71. The van der Waals surface area contributed by atoms with Crippen molar-refractivity contribution in [2.45, 2.75) is 13.0 Å². The zero-order valence-electron chi connectivity index (χ0n) is 15.8. The Labute approximate surface area is 170 Å². The lowest BCUT2D eigenvalue weighted by Gasteiger charge is -2.24. The number of carbonyl (C=O) groups excluding carboxylic acids is 1. The van der Waals surface area contributed by atoms with Crippen LogP contribution in [0.25, 0.3) is 6.08 Å². The van der Waals surface area contributed by atoms with Crippen molar-refractivity contribution >= 4 is 23.4 Å². The average molecular weight is 406 g/mol. The Balaban J connectivity index is 1.98. The highest BCUT2D eigenvalue weighted by Gasteiger charge is 2.32. The number of esters is 1. The lowest BCUT2D eigenvalue weighted by molar-refractivity contribution is -0.136. The van der Waals surface area contributed by atoms with Gasteiger partial charge in [-0.1, -0.05) is 53.8 Å². The van der Waals surface area contributed by atoms with E-state index in [4.69, 9.17) is 4.74 Å². The molecule has 3 aromatic rings. The van der Waals surface area contributed by atoms with Crippen LogP contribution in [0.1, 0.15) is 24.1 Å². The molecule has 1 unspecified atom stereocenters. The van der Waals surface area contributed by atoms with Gasteiger partial charge in [-0.2, -0.15) is 0 Å². The second-order valence-corrected chi connectivity index (χ2v) is 7.59. The highest BCUT2D eigenvalue weighted by atomic mass is 32.1. The number of fused-ring (bicyclic) bond motifs is 1. The van der Waals surface area contributed by atoms with Gasteiger partial charge in [-0.25, -0.2) is 9.79 Å². The van der Waals surface area contributed by atoms with Gasteiger partial charge in [-0.15, -0.1) is 0 Å². The Morgan fingerprint density at radius 2 is 1.97 bits per heavy atom. The van der Waals surface area contributed by atoms with Gasteiger partial charge >= 0.3 is 5.97 Å². The number of carbonyl (C=O) groups is 1. The van der Waals surface area contributed by atoms with Gasteiger partial charge in [0.2, 0.25) is 0 Å².